The molecular formula is C25H33FN2. The molecule has 0 amide bonds. The minimum atomic E-state index is -0.574. The highest BCUT2D eigenvalue weighted by Gasteiger charge is 2.35. The molecule has 28 heavy (non-hydrogen) atoms. The summed E-state index contributed by atoms with van der Waals surface area (Å²) >= 11 is 0. The zero-order chi connectivity index (χ0) is 20.6. The van der Waals surface area contributed by atoms with Crippen molar-refractivity contribution >= 4 is 0 Å². The van der Waals surface area contributed by atoms with Crippen LogP contribution in [0.25, 0.3) is 0 Å². The summed E-state index contributed by atoms with van der Waals surface area (Å²) in [4.78, 5) is 2.49. The zero-order valence-corrected chi connectivity index (χ0v) is 17.7. The molecule has 0 aromatic heterocycles. The molecule has 0 radical (unpaired) electrons. The first kappa shape index (κ1) is 22.1. The van der Waals surface area contributed by atoms with Gasteiger partial charge in [-0.25, -0.2) is 4.39 Å². The van der Waals surface area contributed by atoms with Gasteiger partial charge in [0.15, 0.2) is 0 Å². The molecule has 0 N–H and O–H groups in total. The lowest BCUT2D eigenvalue weighted by Crippen LogP contribution is -2.36. The molecule has 1 unspecified atom stereocenters. The van der Waals surface area contributed by atoms with Gasteiger partial charge < -0.3 is 4.90 Å². The van der Waals surface area contributed by atoms with Crippen molar-refractivity contribution in [1.29, 1.82) is 5.26 Å². The summed E-state index contributed by atoms with van der Waals surface area (Å²) in [7, 11) is 0. The molecule has 3 heteroatoms. The SMILES string of the molecule is CC(C)N(CCCC(C#N)(c1ccc(F)cc1)C(C)C)CCc1ccccc1. The van der Waals surface area contributed by atoms with Crippen LogP contribution < -0.4 is 0 Å². The van der Waals surface area contributed by atoms with E-state index in [9.17, 15) is 9.65 Å². The number of nitrogens with zero attached hydrogens (tertiary/aromatic N) is 2. The lowest BCUT2D eigenvalue weighted by atomic mass is 9.70. The van der Waals surface area contributed by atoms with Crippen molar-refractivity contribution in [2.24, 2.45) is 5.92 Å². The first-order chi connectivity index (χ1) is 13.4. The largest absolute Gasteiger partial charge is 0.301 e. The van der Waals surface area contributed by atoms with Crippen molar-refractivity contribution in [3.63, 3.8) is 0 Å². The standard InChI is InChI=1S/C25H33FN2/c1-20(2)25(19-27,23-11-13-24(26)14-12-23)16-8-17-28(21(3)4)18-15-22-9-6-5-7-10-22/h5-7,9-14,20-21H,8,15-18H2,1-4H3. The topological polar surface area (TPSA) is 27.0 Å². The van der Waals surface area contributed by atoms with Gasteiger partial charge in [0.1, 0.15) is 5.82 Å². The second kappa shape index (κ2) is 10.4. The molecule has 0 aliphatic rings. The summed E-state index contributed by atoms with van der Waals surface area (Å²) in [6.07, 6.45) is 2.75. The predicted molar refractivity (Wildman–Crippen MR) is 115 cm³/mol. The molecule has 150 valence electrons. The summed E-state index contributed by atoms with van der Waals surface area (Å²) < 4.78 is 13.4. The van der Waals surface area contributed by atoms with Crippen molar-refractivity contribution in [3.8, 4) is 6.07 Å². The highest BCUT2D eigenvalue weighted by molar-refractivity contribution is 5.33. The molecule has 0 spiro atoms. The maximum absolute atomic E-state index is 13.4. The Labute approximate surface area is 170 Å². The van der Waals surface area contributed by atoms with Crippen LogP contribution in [0.4, 0.5) is 4.39 Å². The summed E-state index contributed by atoms with van der Waals surface area (Å²) in [5.41, 5.74) is 1.70. The Balaban J connectivity index is 2.02. The van der Waals surface area contributed by atoms with Gasteiger partial charge in [-0.1, -0.05) is 56.3 Å². The maximum atomic E-state index is 13.4. The fourth-order valence-corrected chi connectivity index (χ4v) is 3.87. The van der Waals surface area contributed by atoms with E-state index in [1.807, 2.05) is 6.07 Å². The number of benzene rings is 2. The van der Waals surface area contributed by atoms with Crippen LogP contribution in [-0.2, 0) is 11.8 Å². The van der Waals surface area contributed by atoms with Gasteiger partial charge in [-0.05, 0) is 68.8 Å². The maximum Gasteiger partial charge on any atom is 0.123 e. The Morgan fingerprint density at radius 3 is 2.14 bits per heavy atom. The summed E-state index contributed by atoms with van der Waals surface area (Å²) in [5.74, 6) is -0.0916. The van der Waals surface area contributed by atoms with Crippen molar-refractivity contribution in [1.82, 2.24) is 4.90 Å². The molecule has 0 fully saturated rings. The van der Waals surface area contributed by atoms with Crippen LogP contribution in [0.2, 0.25) is 0 Å². The van der Waals surface area contributed by atoms with Gasteiger partial charge in [0, 0.05) is 12.6 Å². The molecule has 0 heterocycles. The monoisotopic (exact) mass is 380 g/mol. The van der Waals surface area contributed by atoms with Gasteiger partial charge in [-0.2, -0.15) is 5.26 Å². The number of nitriles is 1. The highest BCUT2D eigenvalue weighted by atomic mass is 19.1. The van der Waals surface area contributed by atoms with E-state index in [2.05, 4.69) is 62.9 Å². The molecule has 1 atom stereocenters. The second-order valence-corrected chi connectivity index (χ2v) is 8.21. The van der Waals surface area contributed by atoms with E-state index in [0.717, 1.165) is 37.9 Å². The smallest absolute Gasteiger partial charge is 0.123 e. The van der Waals surface area contributed by atoms with E-state index < -0.39 is 5.41 Å². The highest BCUT2D eigenvalue weighted by Crippen LogP contribution is 2.36. The third-order valence-electron chi connectivity index (χ3n) is 5.82. The first-order valence-corrected chi connectivity index (χ1v) is 10.3. The van der Waals surface area contributed by atoms with Crippen LogP contribution in [0.15, 0.2) is 54.6 Å². The minimum Gasteiger partial charge on any atom is -0.301 e. The third kappa shape index (κ3) is 5.66. The lowest BCUT2D eigenvalue weighted by molar-refractivity contribution is 0.210. The number of hydrogen-bond acceptors (Lipinski definition) is 2. The van der Waals surface area contributed by atoms with Crippen molar-refractivity contribution < 1.29 is 4.39 Å². The van der Waals surface area contributed by atoms with Gasteiger partial charge in [-0.3, -0.25) is 0 Å². The Bertz CT molecular complexity index is 746. The molecule has 2 rings (SSSR count). The van der Waals surface area contributed by atoms with Gasteiger partial charge in [-0.15, -0.1) is 0 Å². The van der Waals surface area contributed by atoms with E-state index >= 15 is 0 Å². The van der Waals surface area contributed by atoms with E-state index in [1.54, 1.807) is 12.1 Å². The Kier molecular flexibility index (Phi) is 8.20. The minimum absolute atomic E-state index is 0.166. The molecule has 2 nitrogen and oxygen atoms in total. The van der Waals surface area contributed by atoms with Gasteiger partial charge in [0.25, 0.3) is 0 Å². The van der Waals surface area contributed by atoms with Gasteiger partial charge >= 0.3 is 0 Å². The van der Waals surface area contributed by atoms with Gasteiger partial charge in [0.2, 0.25) is 0 Å². The average Bonchev–Trinajstić information content (AvgIpc) is 2.69. The van der Waals surface area contributed by atoms with Crippen LogP contribution in [0.5, 0.6) is 0 Å². The van der Waals surface area contributed by atoms with Crippen LogP contribution in [0.3, 0.4) is 0 Å². The van der Waals surface area contributed by atoms with Crippen LogP contribution in [0, 0.1) is 23.1 Å². The summed E-state index contributed by atoms with van der Waals surface area (Å²) in [6, 6.07) is 20.1. The Hall–Kier alpha value is -2.18. The number of rotatable bonds is 10. The molecule has 0 saturated heterocycles. The van der Waals surface area contributed by atoms with Crippen LogP contribution >= 0.6 is 0 Å². The zero-order valence-electron chi connectivity index (χ0n) is 17.7. The molecule has 0 bridgehead atoms. The fourth-order valence-electron chi connectivity index (χ4n) is 3.87. The number of hydrogen-bond donors (Lipinski definition) is 0. The lowest BCUT2D eigenvalue weighted by Gasteiger charge is -2.33. The molecule has 0 saturated carbocycles. The third-order valence-corrected chi connectivity index (χ3v) is 5.82. The fraction of sp³-hybridized carbons (Fsp3) is 0.480. The van der Waals surface area contributed by atoms with Crippen LogP contribution in [-0.4, -0.2) is 24.0 Å². The van der Waals surface area contributed by atoms with Crippen molar-refractivity contribution in [3.05, 3.63) is 71.5 Å². The molecule has 2 aromatic carbocycles. The Morgan fingerprint density at radius 2 is 1.61 bits per heavy atom. The van der Waals surface area contributed by atoms with Gasteiger partial charge in [0.05, 0.1) is 11.5 Å². The van der Waals surface area contributed by atoms with E-state index in [4.69, 9.17) is 0 Å². The quantitative estimate of drug-likeness (QED) is 0.507. The van der Waals surface area contributed by atoms with E-state index in [-0.39, 0.29) is 11.7 Å². The predicted octanol–water partition coefficient (Wildman–Crippen LogP) is 5.98. The van der Waals surface area contributed by atoms with E-state index in [0.29, 0.717) is 6.04 Å². The normalized spacial score (nSPS) is 13.7. The first-order valence-electron chi connectivity index (χ1n) is 10.3. The molecule has 2 aromatic rings. The molecular weight excluding hydrogens is 347 g/mol. The number of halogens is 1. The van der Waals surface area contributed by atoms with E-state index in [1.165, 1.54) is 17.7 Å². The Morgan fingerprint density at radius 1 is 0.964 bits per heavy atom. The van der Waals surface area contributed by atoms with Crippen LogP contribution in [0.1, 0.15) is 51.7 Å². The summed E-state index contributed by atoms with van der Waals surface area (Å²) in [6.45, 7) is 10.6. The second-order valence-electron chi connectivity index (χ2n) is 8.21. The molecule has 0 aliphatic carbocycles. The van der Waals surface area contributed by atoms with Crippen molar-refractivity contribution in [2.75, 3.05) is 13.1 Å². The van der Waals surface area contributed by atoms with Crippen molar-refractivity contribution in [2.45, 2.75) is 58.4 Å². The average molecular weight is 381 g/mol. The molecule has 0 aliphatic heterocycles. The summed E-state index contributed by atoms with van der Waals surface area (Å²) in [5, 5.41) is 10.0.